The summed E-state index contributed by atoms with van der Waals surface area (Å²) in [4.78, 5) is 37.2. The van der Waals surface area contributed by atoms with Crippen LogP contribution in [-0.4, -0.2) is 47.5 Å². The molecule has 1 aromatic carbocycles. The van der Waals surface area contributed by atoms with E-state index in [1.165, 1.54) is 4.90 Å². The van der Waals surface area contributed by atoms with Gasteiger partial charge < -0.3 is 24.1 Å². The molecule has 0 spiro atoms. The molecular formula is C17H20N4O6. The Balaban J connectivity index is 1.83. The van der Waals surface area contributed by atoms with Gasteiger partial charge >= 0.3 is 11.8 Å². The van der Waals surface area contributed by atoms with Crippen LogP contribution >= 0.6 is 0 Å². The van der Waals surface area contributed by atoms with E-state index in [2.05, 4.69) is 15.5 Å². The number of hydrogen-bond acceptors (Lipinski definition) is 7. The lowest BCUT2D eigenvalue weighted by atomic mass is 10.1. The normalized spacial score (nSPS) is 17.0. The van der Waals surface area contributed by atoms with Gasteiger partial charge in [0.1, 0.15) is 24.0 Å². The number of nitrogens with zero attached hydrogens (tertiary/aromatic N) is 2. The molecule has 1 aliphatic heterocycles. The number of rotatable bonds is 2. The fourth-order valence-corrected chi connectivity index (χ4v) is 2.54. The summed E-state index contributed by atoms with van der Waals surface area (Å²) in [5, 5.41) is 8.48. The van der Waals surface area contributed by atoms with Gasteiger partial charge in [0.05, 0.1) is 5.69 Å². The van der Waals surface area contributed by atoms with E-state index in [0.717, 1.165) is 0 Å². The molecular weight excluding hydrogens is 356 g/mol. The lowest BCUT2D eigenvalue weighted by Crippen LogP contribution is -2.50. The highest BCUT2D eigenvalue weighted by molar-refractivity contribution is 6.00. The molecule has 1 aliphatic rings. The summed E-state index contributed by atoms with van der Waals surface area (Å²) in [5.41, 5.74) is 0.265. The standard InChI is InChI=1S/C17H20N4O6/c1-17(2,3)27-15(23)18-10-8-25-12-6-5-9(13-19-20-16(24)26-13)7-11(12)21(4)14(10)22/h5-7,10H,8H2,1-4H3,(H,18,23)(H,20,24)/t10-/m0/s1. The number of carbonyl (C=O) groups is 2. The van der Waals surface area contributed by atoms with Crippen LogP contribution in [-0.2, 0) is 9.53 Å². The predicted octanol–water partition coefficient (Wildman–Crippen LogP) is 1.28. The molecule has 1 atom stereocenters. The van der Waals surface area contributed by atoms with Gasteiger partial charge in [0.25, 0.3) is 5.91 Å². The fraction of sp³-hybridized carbons (Fsp3) is 0.412. The molecule has 10 nitrogen and oxygen atoms in total. The van der Waals surface area contributed by atoms with Gasteiger partial charge in [0.2, 0.25) is 5.89 Å². The molecule has 0 unspecified atom stereocenters. The summed E-state index contributed by atoms with van der Waals surface area (Å²) in [5.74, 6) is -0.514. The Morgan fingerprint density at radius 2 is 2.11 bits per heavy atom. The number of carbonyl (C=O) groups excluding carboxylic acids is 2. The van der Waals surface area contributed by atoms with E-state index < -0.39 is 23.5 Å². The van der Waals surface area contributed by atoms with Gasteiger partial charge in [-0.1, -0.05) is 0 Å². The number of benzene rings is 1. The Kier molecular flexibility index (Phi) is 4.64. The first-order valence-electron chi connectivity index (χ1n) is 8.24. The summed E-state index contributed by atoms with van der Waals surface area (Å²) in [7, 11) is 1.56. The molecule has 3 rings (SSSR count). The zero-order valence-electron chi connectivity index (χ0n) is 15.4. The van der Waals surface area contributed by atoms with E-state index >= 15 is 0 Å². The molecule has 144 valence electrons. The first kappa shape index (κ1) is 18.5. The minimum absolute atomic E-state index is 0.0494. The Labute approximate surface area is 154 Å². The molecule has 0 saturated heterocycles. The SMILES string of the molecule is CN1C(=O)[C@@H](NC(=O)OC(C)(C)C)COc2ccc(-c3n[nH]c(=O)o3)cc21. The van der Waals surface area contributed by atoms with Crippen molar-refractivity contribution in [2.45, 2.75) is 32.4 Å². The molecule has 2 aromatic rings. The molecule has 10 heteroatoms. The van der Waals surface area contributed by atoms with Crippen molar-refractivity contribution in [3.8, 4) is 17.2 Å². The molecule has 2 heterocycles. The number of fused-ring (bicyclic) bond motifs is 1. The van der Waals surface area contributed by atoms with Crippen LogP contribution in [0, 0.1) is 0 Å². The highest BCUT2D eigenvalue weighted by Crippen LogP contribution is 2.34. The van der Waals surface area contributed by atoms with Crippen molar-refractivity contribution >= 4 is 17.7 Å². The minimum atomic E-state index is -0.913. The van der Waals surface area contributed by atoms with Gasteiger partial charge in [-0.15, -0.1) is 5.10 Å². The van der Waals surface area contributed by atoms with E-state index in [1.807, 2.05) is 0 Å². The van der Waals surface area contributed by atoms with Crippen molar-refractivity contribution < 1.29 is 23.5 Å². The summed E-state index contributed by atoms with van der Waals surface area (Å²) in [6.45, 7) is 5.14. The average Bonchev–Trinajstić information content (AvgIpc) is 2.97. The lowest BCUT2D eigenvalue weighted by molar-refractivity contribution is -0.120. The summed E-state index contributed by atoms with van der Waals surface area (Å²) in [6, 6.07) is 3.99. The molecule has 0 bridgehead atoms. The largest absolute Gasteiger partial charge is 0.489 e. The van der Waals surface area contributed by atoms with Gasteiger partial charge in [-0.05, 0) is 39.0 Å². The summed E-state index contributed by atoms with van der Waals surface area (Å²) < 4.78 is 15.8. The second-order valence-electron chi connectivity index (χ2n) is 7.01. The van der Waals surface area contributed by atoms with E-state index in [4.69, 9.17) is 13.9 Å². The van der Waals surface area contributed by atoms with Gasteiger partial charge in [0.15, 0.2) is 0 Å². The lowest BCUT2D eigenvalue weighted by Gasteiger charge is -2.23. The topological polar surface area (TPSA) is 127 Å². The average molecular weight is 376 g/mol. The zero-order chi connectivity index (χ0) is 19.8. The van der Waals surface area contributed by atoms with Crippen LogP contribution in [0.15, 0.2) is 27.4 Å². The fourth-order valence-electron chi connectivity index (χ4n) is 2.54. The molecule has 0 radical (unpaired) electrons. The molecule has 2 amide bonds. The Hall–Kier alpha value is -3.30. The van der Waals surface area contributed by atoms with Crippen molar-refractivity contribution in [3.05, 3.63) is 28.7 Å². The number of likely N-dealkylation sites (N-methyl/N-ethyl adjacent to an activating group) is 1. The van der Waals surface area contributed by atoms with Crippen molar-refractivity contribution in [1.82, 2.24) is 15.5 Å². The maximum Gasteiger partial charge on any atom is 0.434 e. The van der Waals surface area contributed by atoms with Crippen molar-refractivity contribution in [2.75, 3.05) is 18.6 Å². The van der Waals surface area contributed by atoms with Gasteiger partial charge in [0, 0.05) is 12.6 Å². The Morgan fingerprint density at radius 1 is 1.37 bits per heavy atom. The number of aromatic amines is 1. The molecule has 0 aliphatic carbocycles. The number of ether oxygens (including phenoxy) is 2. The van der Waals surface area contributed by atoms with E-state index in [-0.39, 0.29) is 18.4 Å². The van der Waals surface area contributed by atoms with Crippen LogP contribution in [0.25, 0.3) is 11.5 Å². The maximum absolute atomic E-state index is 12.7. The minimum Gasteiger partial charge on any atom is -0.489 e. The number of anilines is 1. The smallest absolute Gasteiger partial charge is 0.434 e. The number of H-pyrrole nitrogens is 1. The molecule has 0 fully saturated rings. The van der Waals surface area contributed by atoms with E-state index in [1.54, 1.807) is 46.0 Å². The van der Waals surface area contributed by atoms with Crippen LogP contribution < -0.4 is 20.7 Å². The van der Waals surface area contributed by atoms with E-state index in [9.17, 15) is 14.4 Å². The maximum atomic E-state index is 12.7. The second kappa shape index (κ2) is 6.78. The molecule has 2 N–H and O–H groups in total. The molecule has 27 heavy (non-hydrogen) atoms. The van der Waals surface area contributed by atoms with Crippen LogP contribution in [0.2, 0.25) is 0 Å². The van der Waals surface area contributed by atoms with Crippen LogP contribution in [0.4, 0.5) is 10.5 Å². The van der Waals surface area contributed by atoms with E-state index in [0.29, 0.717) is 17.0 Å². The van der Waals surface area contributed by atoms with Crippen molar-refractivity contribution in [1.29, 1.82) is 0 Å². The second-order valence-corrected chi connectivity index (χ2v) is 7.01. The van der Waals surface area contributed by atoms with Crippen LogP contribution in [0.3, 0.4) is 0 Å². The highest BCUT2D eigenvalue weighted by atomic mass is 16.6. The predicted molar refractivity (Wildman–Crippen MR) is 94.6 cm³/mol. The Bertz CT molecular complexity index is 926. The van der Waals surface area contributed by atoms with Crippen LogP contribution in [0.5, 0.6) is 5.75 Å². The molecule has 0 saturated carbocycles. The molecule has 1 aromatic heterocycles. The third-order valence-electron chi connectivity index (χ3n) is 3.73. The van der Waals surface area contributed by atoms with Gasteiger partial charge in [-0.25, -0.2) is 14.7 Å². The number of hydrogen-bond donors (Lipinski definition) is 2. The van der Waals surface area contributed by atoms with Crippen LogP contribution in [0.1, 0.15) is 20.8 Å². The number of alkyl carbamates (subject to hydrolysis) is 1. The zero-order valence-corrected chi connectivity index (χ0v) is 15.4. The van der Waals surface area contributed by atoms with Gasteiger partial charge in [-0.3, -0.25) is 4.79 Å². The third-order valence-corrected chi connectivity index (χ3v) is 3.73. The quantitative estimate of drug-likeness (QED) is 0.808. The van der Waals surface area contributed by atoms with Crippen molar-refractivity contribution in [3.63, 3.8) is 0 Å². The van der Waals surface area contributed by atoms with Gasteiger partial charge in [-0.2, -0.15) is 0 Å². The number of amides is 2. The first-order valence-corrected chi connectivity index (χ1v) is 8.24. The first-order chi connectivity index (χ1) is 12.6. The summed E-state index contributed by atoms with van der Waals surface area (Å²) >= 11 is 0. The monoisotopic (exact) mass is 376 g/mol. The number of nitrogens with one attached hydrogen (secondary N) is 2. The number of aromatic nitrogens is 2. The Morgan fingerprint density at radius 3 is 2.74 bits per heavy atom. The highest BCUT2D eigenvalue weighted by Gasteiger charge is 2.32. The van der Waals surface area contributed by atoms with Crippen molar-refractivity contribution in [2.24, 2.45) is 0 Å². The third kappa shape index (κ3) is 4.10. The summed E-state index contributed by atoms with van der Waals surface area (Å²) in [6.07, 6.45) is -0.706.